The van der Waals surface area contributed by atoms with E-state index in [0.717, 1.165) is 51.3 Å². The number of rotatable bonds is 8. The Morgan fingerprint density at radius 1 is 0.927 bits per heavy atom. The lowest BCUT2D eigenvalue weighted by molar-refractivity contribution is 0.0724. The van der Waals surface area contributed by atoms with Crippen molar-refractivity contribution in [2.24, 2.45) is 0 Å². The van der Waals surface area contributed by atoms with Gasteiger partial charge in [0.2, 0.25) is 0 Å². The molecule has 0 spiro atoms. The minimum atomic E-state index is -0.0277. The van der Waals surface area contributed by atoms with Crippen molar-refractivity contribution in [2.45, 2.75) is 38.9 Å². The Kier molecular flexibility index (Phi) is 7.75. The normalized spacial score (nSPS) is 12.8. The van der Waals surface area contributed by atoms with Crippen molar-refractivity contribution in [3.8, 4) is 17.1 Å². The van der Waals surface area contributed by atoms with Gasteiger partial charge in [-0.3, -0.25) is 4.79 Å². The summed E-state index contributed by atoms with van der Waals surface area (Å²) in [6, 6.07) is 33.1. The number of methoxy groups -OCH3 is 1. The van der Waals surface area contributed by atoms with Crippen LogP contribution in [-0.4, -0.2) is 27.5 Å². The highest BCUT2D eigenvalue weighted by atomic mass is 79.9. The molecule has 5 nitrogen and oxygen atoms in total. The van der Waals surface area contributed by atoms with Crippen molar-refractivity contribution in [3.05, 3.63) is 141 Å². The van der Waals surface area contributed by atoms with Gasteiger partial charge in [0.05, 0.1) is 31.1 Å². The van der Waals surface area contributed by atoms with Crippen LogP contribution in [0.15, 0.2) is 108 Å². The molecule has 6 rings (SSSR count). The van der Waals surface area contributed by atoms with Crippen LogP contribution >= 0.6 is 15.9 Å². The molecular formula is C35H32BrN3O2. The molecule has 1 aromatic heterocycles. The third-order valence-electron chi connectivity index (χ3n) is 7.82. The maximum Gasteiger partial charge on any atom is 0.255 e. The third kappa shape index (κ3) is 5.70. The quantitative estimate of drug-likeness (QED) is 0.181. The predicted molar refractivity (Wildman–Crippen MR) is 166 cm³/mol. The van der Waals surface area contributed by atoms with E-state index in [4.69, 9.17) is 9.72 Å². The highest BCUT2D eigenvalue weighted by Gasteiger charge is 2.29. The second-order valence-corrected chi connectivity index (χ2v) is 11.5. The van der Waals surface area contributed by atoms with Crippen LogP contribution in [0, 0.1) is 6.92 Å². The predicted octanol–water partition coefficient (Wildman–Crippen LogP) is 7.81. The molecule has 0 unspecified atom stereocenters. The van der Waals surface area contributed by atoms with E-state index in [1.54, 1.807) is 7.11 Å². The third-order valence-corrected chi connectivity index (χ3v) is 8.52. The van der Waals surface area contributed by atoms with E-state index in [0.29, 0.717) is 18.7 Å². The van der Waals surface area contributed by atoms with Gasteiger partial charge in [-0.2, -0.15) is 0 Å². The number of aromatic nitrogens is 2. The van der Waals surface area contributed by atoms with Crippen molar-refractivity contribution in [3.63, 3.8) is 0 Å². The van der Waals surface area contributed by atoms with Gasteiger partial charge in [0.15, 0.2) is 0 Å². The Labute approximate surface area is 249 Å². The number of nitrogens with zero attached hydrogens (tertiary/aromatic N) is 3. The van der Waals surface area contributed by atoms with Crippen LogP contribution in [0.25, 0.3) is 11.4 Å². The van der Waals surface area contributed by atoms with Gasteiger partial charge in [0.1, 0.15) is 11.6 Å². The molecule has 41 heavy (non-hydrogen) atoms. The Balaban J connectivity index is 1.40. The first-order valence-corrected chi connectivity index (χ1v) is 14.7. The summed E-state index contributed by atoms with van der Waals surface area (Å²) in [6.07, 6.45) is 3.83. The van der Waals surface area contributed by atoms with Gasteiger partial charge in [-0.05, 0) is 76.7 Å². The smallest absolute Gasteiger partial charge is 0.255 e. The molecule has 206 valence electrons. The van der Waals surface area contributed by atoms with E-state index < -0.39 is 0 Å². The number of aryl methyl sites for hydroxylation is 1. The topological polar surface area (TPSA) is 47.4 Å². The Hall–Kier alpha value is -4.16. The van der Waals surface area contributed by atoms with Gasteiger partial charge in [-0.25, -0.2) is 4.98 Å². The average Bonchev–Trinajstić information content (AvgIpc) is 3.62. The molecule has 0 fully saturated rings. The van der Waals surface area contributed by atoms with Crippen LogP contribution in [0.2, 0.25) is 0 Å². The molecule has 1 amide bonds. The van der Waals surface area contributed by atoms with E-state index in [-0.39, 0.29) is 11.9 Å². The van der Waals surface area contributed by atoms with Gasteiger partial charge < -0.3 is 14.2 Å². The Morgan fingerprint density at radius 2 is 1.61 bits per heavy atom. The summed E-state index contributed by atoms with van der Waals surface area (Å²) in [5, 5.41) is 0. The number of hydrogen-bond donors (Lipinski definition) is 0. The molecular weight excluding hydrogens is 574 g/mol. The van der Waals surface area contributed by atoms with E-state index in [2.05, 4.69) is 56.9 Å². The fourth-order valence-corrected chi connectivity index (χ4v) is 6.18. The van der Waals surface area contributed by atoms with Crippen LogP contribution in [-0.2, 0) is 25.9 Å². The Bertz CT molecular complexity index is 1650. The van der Waals surface area contributed by atoms with Crippen LogP contribution in [0.1, 0.15) is 44.3 Å². The van der Waals surface area contributed by atoms with E-state index in [9.17, 15) is 4.79 Å². The number of ether oxygens (including phenoxy) is 1. The van der Waals surface area contributed by atoms with Crippen molar-refractivity contribution in [1.29, 1.82) is 0 Å². The van der Waals surface area contributed by atoms with E-state index in [1.165, 1.54) is 11.1 Å². The molecule has 0 aliphatic heterocycles. The highest BCUT2D eigenvalue weighted by Crippen LogP contribution is 2.35. The van der Waals surface area contributed by atoms with Gasteiger partial charge in [-0.15, -0.1) is 0 Å². The number of benzene rings is 4. The standard InChI is InChI=1S/C35H32BrN3O2/c1-24-12-17-33(36)32(18-24)35(40)38(22-25-13-15-31(41-2)16-14-25)23-30-21-37-34(26-8-4-3-5-9-26)39(30)29-19-27-10-6-7-11-28(27)20-29/h3-18,21,29H,19-20,22-23H2,1-2H3. The average molecular weight is 607 g/mol. The first-order valence-electron chi connectivity index (χ1n) is 13.9. The van der Waals surface area contributed by atoms with E-state index >= 15 is 0 Å². The largest absolute Gasteiger partial charge is 0.497 e. The summed E-state index contributed by atoms with van der Waals surface area (Å²) in [5.41, 5.74) is 7.58. The van der Waals surface area contributed by atoms with Crippen LogP contribution in [0.5, 0.6) is 5.75 Å². The minimum Gasteiger partial charge on any atom is -0.497 e. The maximum atomic E-state index is 14.2. The fourth-order valence-electron chi connectivity index (χ4n) is 5.76. The number of halogens is 1. The van der Waals surface area contributed by atoms with Crippen LogP contribution in [0.3, 0.4) is 0 Å². The second-order valence-electron chi connectivity index (χ2n) is 10.6. The van der Waals surface area contributed by atoms with Crippen LogP contribution in [0.4, 0.5) is 0 Å². The van der Waals surface area contributed by atoms with Gasteiger partial charge in [0, 0.05) is 22.6 Å². The first-order chi connectivity index (χ1) is 20.0. The first kappa shape index (κ1) is 27.0. The molecule has 0 saturated heterocycles. The zero-order valence-electron chi connectivity index (χ0n) is 23.3. The SMILES string of the molecule is COc1ccc(CN(Cc2cnc(-c3ccccc3)n2C2Cc3ccccc3C2)C(=O)c2cc(C)ccc2Br)cc1. The van der Waals surface area contributed by atoms with E-state index in [1.807, 2.05) is 78.7 Å². The minimum absolute atomic E-state index is 0.0277. The molecule has 0 atom stereocenters. The second kappa shape index (κ2) is 11.8. The van der Waals surface area contributed by atoms with Crippen molar-refractivity contribution in [2.75, 3.05) is 7.11 Å². The number of hydrogen-bond acceptors (Lipinski definition) is 3. The molecule has 1 heterocycles. The molecule has 0 N–H and O–H groups in total. The number of imidazole rings is 1. The lowest BCUT2D eigenvalue weighted by atomic mass is 10.1. The number of carbonyl (C=O) groups is 1. The summed E-state index contributed by atoms with van der Waals surface area (Å²) in [6.45, 7) is 2.90. The fraction of sp³-hybridized carbons (Fsp3) is 0.200. The van der Waals surface area contributed by atoms with Gasteiger partial charge >= 0.3 is 0 Å². The van der Waals surface area contributed by atoms with Crippen molar-refractivity contribution < 1.29 is 9.53 Å². The summed E-state index contributed by atoms with van der Waals surface area (Å²) in [5.74, 6) is 1.70. The monoisotopic (exact) mass is 605 g/mol. The van der Waals surface area contributed by atoms with Crippen LogP contribution < -0.4 is 4.74 Å². The lowest BCUT2D eigenvalue weighted by Gasteiger charge is -2.26. The number of carbonyl (C=O) groups excluding carboxylic acids is 1. The Morgan fingerprint density at radius 3 is 2.29 bits per heavy atom. The molecule has 1 aliphatic carbocycles. The lowest BCUT2D eigenvalue weighted by Crippen LogP contribution is -2.32. The molecule has 6 heteroatoms. The highest BCUT2D eigenvalue weighted by molar-refractivity contribution is 9.10. The molecule has 0 bridgehead atoms. The maximum absolute atomic E-state index is 14.2. The van der Waals surface area contributed by atoms with Gasteiger partial charge in [0.25, 0.3) is 5.91 Å². The number of fused-ring (bicyclic) bond motifs is 1. The number of amides is 1. The molecule has 4 aromatic carbocycles. The summed E-state index contributed by atoms with van der Waals surface area (Å²) in [7, 11) is 1.66. The van der Waals surface area contributed by atoms with Gasteiger partial charge in [-0.1, -0.05) is 78.4 Å². The molecule has 1 aliphatic rings. The summed E-state index contributed by atoms with van der Waals surface area (Å²) in [4.78, 5) is 21.0. The molecule has 5 aromatic rings. The molecule has 0 radical (unpaired) electrons. The zero-order chi connectivity index (χ0) is 28.3. The van der Waals surface area contributed by atoms with Crippen molar-refractivity contribution >= 4 is 21.8 Å². The zero-order valence-corrected chi connectivity index (χ0v) is 24.8. The molecule has 0 saturated carbocycles. The summed E-state index contributed by atoms with van der Waals surface area (Å²) >= 11 is 3.63. The van der Waals surface area contributed by atoms with Crippen molar-refractivity contribution in [1.82, 2.24) is 14.5 Å². The summed E-state index contributed by atoms with van der Waals surface area (Å²) < 4.78 is 8.52.